The number of hydrogen-bond acceptors (Lipinski definition) is 4. The minimum Gasteiger partial charge on any atom is -0.480 e. The fraction of sp³-hybridized carbons (Fsp3) is 0.300. The van der Waals surface area contributed by atoms with E-state index >= 15 is 0 Å². The highest BCUT2D eigenvalue weighted by Gasteiger charge is 2.18. The zero-order chi connectivity index (χ0) is 12.8. The molecule has 7 nitrogen and oxygen atoms in total. The summed E-state index contributed by atoms with van der Waals surface area (Å²) < 4.78 is 0. The number of rotatable bonds is 4. The number of aryl methyl sites for hydroxylation is 1. The summed E-state index contributed by atoms with van der Waals surface area (Å²) in [5.41, 5.74) is 1.24. The molecule has 0 aromatic carbocycles. The van der Waals surface area contributed by atoms with Gasteiger partial charge in [0.25, 0.3) is 0 Å². The zero-order valence-electron chi connectivity index (χ0n) is 9.17. The molecule has 1 heterocycles. The van der Waals surface area contributed by atoms with Crippen molar-refractivity contribution in [3.05, 3.63) is 24.0 Å². The number of urea groups is 1. The van der Waals surface area contributed by atoms with Crippen molar-refractivity contribution in [3.63, 3.8) is 0 Å². The number of hydrogen-bond donors (Lipinski definition) is 4. The van der Waals surface area contributed by atoms with E-state index in [1.807, 2.05) is 0 Å². The van der Waals surface area contributed by atoms with Crippen molar-refractivity contribution in [2.24, 2.45) is 0 Å². The van der Waals surface area contributed by atoms with Crippen LogP contribution in [0.4, 0.5) is 10.5 Å². The number of aliphatic hydroxyl groups is 1. The van der Waals surface area contributed by atoms with E-state index in [4.69, 9.17) is 10.2 Å². The molecule has 4 N–H and O–H groups in total. The molecule has 7 heteroatoms. The number of carboxylic acids is 1. The van der Waals surface area contributed by atoms with Crippen molar-refractivity contribution in [1.82, 2.24) is 10.3 Å². The number of carbonyl (C=O) groups excluding carboxylic acids is 1. The average Bonchev–Trinajstić information content (AvgIpc) is 2.28. The first kappa shape index (κ1) is 12.9. The van der Waals surface area contributed by atoms with Crippen molar-refractivity contribution in [3.8, 4) is 0 Å². The molecule has 0 aliphatic carbocycles. The molecule has 0 aliphatic rings. The van der Waals surface area contributed by atoms with E-state index in [0.717, 1.165) is 5.69 Å². The quantitative estimate of drug-likeness (QED) is 0.589. The fourth-order valence-corrected chi connectivity index (χ4v) is 1.05. The number of carboxylic acid groups (broad SMARTS) is 1. The number of nitrogens with one attached hydrogen (secondary N) is 2. The number of anilines is 1. The fourth-order valence-electron chi connectivity index (χ4n) is 1.05. The number of aromatic nitrogens is 1. The molecular weight excluding hydrogens is 226 g/mol. The molecule has 0 saturated carbocycles. The van der Waals surface area contributed by atoms with Gasteiger partial charge in [-0.25, -0.2) is 9.59 Å². The standard InChI is InChI=1S/C10H13N3O4/c1-6-2-3-7(4-11-6)12-10(17)13-8(5-14)9(15)16/h2-4,8,14H,5H2,1H3,(H,15,16)(H2,12,13,17)/t8-/m0/s1. The van der Waals surface area contributed by atoms with Crippen LogP contribution in [0.25, 0.3) is 0 Å². The van der Waals surface area contributed by atoms with Crippen molar-refractivity contribution in [2.75, 3.05) is 11.9 Å². The van der Waals surface area contributed by atoms with Gasteiger partial charge in [-0.15, -0.1) is 0 Å². The van der Waals surface area contributed by atoms with Gasteiger partial charge in [0.2, 0.25) is 0 Å². The van der Waals surface area contributed by atoms with Gasteiger partial charge in [-0.3, -0.25) is 4.98 Å². The van der Waals surface area contributed by atoms with E-state index < -0.39 is 24.6 Å². The number of nitrogens with zero attached hydrogens (tertiary/aromatic N) is 1. The second-order valence-corrected chi connectivity index (χ2v) is 3.36. The zero-order valence-corrected chi connectivity index (χ0v) is 9.17. The Balaban J connectivity index is 2.54. The Morgan fingerprint density at radius 2 is 2.18 bits per heavy atom. The lowest BCUT2D eigenvalue weighted by atomic mass is 10.3. The van der Waals surface area contributed by atoms with Crippen LogP contribution in [-0.2, 0) is 4.79 Å². The number of aliphatic carboxylic acids is 1. The lowest BCUT2D eigenvalue weighted by molar-refractivity contribution is -0.140. The van der Waals surface area contributed by atoms with Crippen LogP contribution >= 0.6 is 0 Å². The van der Waals surface area contributed by atoms with E-state index in [-0.39, 0.29) is 0 Å². The largest absolute Gasteiger partial charge is 0.480 e. The molecule has 1 aromatic rings. The number of pyridine rings is 1. The molecule has 0 bridgehead atoms. The van der Waals surface area contributed by atoms with E-state index in [0.29, 0.717) is 5.69 Å². The SMILES string of the molecule is Cc1ccc(NC(=O)N[C@@H](CO)C(=O)O)cn1. The summed E-state index contributed by atoms with van der Waals surface area (Å²) in [4.78, 5) is 25.9. The third-order valence-corrected chi connectivity index (χ3v) is 1.96. The van der Waals surface area contributed by atoms with E-state index in [1.54, 1.807) is 19.1 Å². The molecule has 1 rings (SSSR count). The Labute approximate surface area is 97.5 Å². The van der Waals surface area contributed by atoms with Gasteiger partial charge in [0, 0.05) is 5.69 Å². The van der Waals surface area contributed by atoms with Crippen molar-refractivity contribution >= 4 is 17.7 Å². The summed E-state index contributed by atoms with van der Waals surface area (Å²) >= 11 is 0. The van der Waals surface area contributed by atoms with Gasteiger partial charge in [-0.1, -0.05) is 0 Å². The lowest BCUT2D eigenvalue weighted by Gasteiger charge is -2.12. The molecule has 0 saturated heterocycles. The predicted octanol–water partition coefficient (Wildman–Crippen LogP) is -0.0430. The number of carbonyl (C=O) groups is 2. The Morgan fingerprint density at radius 1 is 1.47 bits per heavy atom. The van der Waals surface area contributed by atoms with Gasteiger partial charge in [0.05, 0.1) is 18.5 Å². The Kier molecular flexibility index (Phi) is 4.41. The monoisotopic (exact) mass is 239 g/mol. The normalized spacial score (nSPS) is 11.6. The molecule has 1 atom stereocenters. The summed E-state index contributed by atoms with van der Waals surface area (Å²) in [5, 5.41) is 21.8. The van der Waals surface area contributed by atoms with Crippen LogP contribution < -0.4 is 10.6 Å². The first-order chi connectivity index (χ1) is 8.02. The summed E-state index contributed by atoms with van der Waals surface area (Å²) in [6, 6.07) is 1.30. The molecule has 0 fully saturated rings. The maximum atomic E-state index is 11.3. The van der Waals surface area contributed by atoms with Gasteiger partial charge in [-0.05, 0) is 19.1 Å². The first-order valence-corrected chi connectivity index (χ1v) is 4.86. The van der Waals surface area contributed by atoms with Crippen LogP contribution in [0.15, 0.2) is 18.3 Å². The summed E-state index contributed by atoms with van der Waals surface area (Å²) in [6.45, 7) is 1.13. The van der Waals surface area contributed by atoms with Crippen LogP contribution in [0.1, 0.15) is 5.69 Å². The molecule has 0 spiro atoms. The smallest absolute Gasteiger partial charge is 0.328 e. The highest BCUT2D eigenvalue weighted by molar-refractivity contribution is 5.92. The maximum absolute atomic E-state index is 11.3. The minimum absolute atomic E-state index is 0.440. The van der Waals surface area contributed by atoms with E-state index in [1.165, 1.54) is 6.20 Å². The average molecular weight is 239 g/mol. The van der Waals surface area contributed by atoms with Crippen molar-refractivity contribution in [1.29, 1.82) is 0 Å². The maximum Gasteiger partial charge on any atom is 0.328 e. The molecule has 0 aliphatic heterocycles. The van der Waals surface area contributed by atoms with Crippen LogP contribution in [0.5, 0.6) is 0 Å². The van der Waals surface area contributed by atoms with Crippen molar-refractivity contribution < 1.29 is 19.8 Å². The molecule has 1 aromatic heterocycles. The van der Waals surface area contributed by atoms with Crippen LogP contribution in [0, 0.1) is 6.92 Å². The highest BCUT2D eigenvalue weighted by atomic mass is 16.4. The first-order valence-electron chi connectivity index (χ1n) is 4.86. The van der Waals surface area contributed by atoms with Gasteiger partial charge in [-0.2, -0.15) is 0 Å². The Bertz CT molecular complexity index is 405. The number of aliphatic hydroxyl groups excluding tert-OH is 1. The second kappa shape index (κ2) is 5.80. The Hall–Kier alpha value is -2.15. The summed E-state index contributed by atoms with van der Waals surface area (Å²) in [7, 11) is 0. The third kappa shape index (κ3) is 4.07. The van der Waals surface area contributed by atoms with Crippen LogP contribution in [-0.4, -0.2) is 39.8 Å². The van der Waals surface area contributed by atoms with E-state index in [2.05, 4.69) is 15.6 Å². The molecule has 17 heavy (non-hydrogen) atoms. The van der Waals surface area contributed by atoms with Gasteiger partial charge in [0.1, 0.15) is 0 Å². The lowest BCUT2D eigenvalue weighted by Crippen LogP contribution is -2.45. The number of amides is 2. The van der Waals surface area contributed by atoms with Gasteiger partial charge < -0.3 is 20.8 Å². The minimum atomic E-state index is -1.33. The summed E-state index contributed by atoms with van der Waals surface area (Å²) in [6.07, 6.45) is 1.45. The van der Waals surface area contributed by atoms with E-state index in [9.17, 15) is 9.59 Å². The van der Waals surface area contributed by atoms with Crippen molar-refractivity contribution in [2.45, 2.75) is 13.0 Å². The topological polar surface area (TPSA) is 112 Å². The predicted molar refractivity (Wildman–Crippen MR) is 59.6 cm³/mol. The van der Waals surface area contributed by atoms with Gasteiger partial charge >= 0.3 is 12.0 Å². The van der Waals surface area contributed by atoms with Gasteiger partial charge in [0.15, 0.2) is 6.04 Å². The molecule has 92 valence electrons. The Morgan fingerprint density at radius 3 is 2.65 bits per heavy atom. The highest BCUT2D eigenvalue weighted by Crippen LogP contribution is 2.04. The van der Waals surface area contributed by atoms with Crippen LogP contribution in [0.3, 0.4) is 0 Å². The molecule has 0 radical (unpaired) electrons. The molecule has 2 amide bonds. The summed E-state index contributed by atoms with van der Waals surface area (Å²) in [5.74, 6) is -1.30. The molecular formula is C10H13N3O4. The molecule has 0 unspecified atom stereocenters. The second-order valence-electron chi connectivity index (χ2n) is 3.36. The van der Waals surface area contributed by atoms with Crippen LogP contribution in [0.2, 0.25) is 0 Å². The third-order valence-electron chi connectivity index (χ3n) is 1.96.